The second-order valence-electron chi connectivity index (χ2n) is 8.83. The lowest BCUT2D eigenvalue weighted by molar-refractivity contribution is -0.160. The smallest absolute Gasteiger partial charge is 0.333 e. The molecule has 0 fully saturated rings. The van der Waals surface area contributed by atoms with Crippen LogP contribution in [0.3, 0.4) is 0 Å². The first-order valence-corrected chi connectivity index (χ1v) is 12.1. The molecule has 0 aromatic heterocycles. The van der Waals surface area contributed by atoms with E-state index < -0.39 is 11.4 Å². The number of benzene rings is 3. The summed E-state index contributed by atoms with van der Waals surface area (Å²) in [5, 5.41) is 0. The van der Waals surface area contributed by atoms with Gasteiger partial charge in [0, 0.05) is 6.08 Å². The van der Waals surface area contributed by atoms with Gasteiger partial charge in [-0.05, 0) is 61.2 Å². The van der Waals surface area contributed by atoms with Crippen LogP contribution in [0.4, 0.5) is 0 Å². The van der Waals surface area contributed by atoms with Crippen LogP contribution in [-0.4, -0.2) is 25.5 Å². The first-order chi connectivity index (χ1) is 17.9. The van der Waals surface area contributed by atoms with Crippen molar-refractivity contribution in [1.29, 1.82) is 0 Å². The number of hydrogen-bond acceptors (Lipinski definition) is 6. The van der Waals surface area contributed by atoms with Gasteiger partial charge in [0.05, 0.1) is 5.41 Å². The van der Waals surface area contributed by atoms with Gasteiger partial charge in [0.2, 0.25) is 13.6 Å². The third-order valence-corrected chi connectivity index (χ3v) is 5.75. The maximum absolute atomic E-state index is 12.0. The van der Waals surface area contributed by atoms with E-state index in [0.717, 1.165) is 16.7 Å². The van der Waals surface area contributed by atoms with Crippen LogP contribution in [-0.2, 0) is 19.1 Å². The molecule has 0 radical (unpaired) electrons. The molecule has 0 N–H and O–H groups in total. The summed E-state index contributed by atoms with van der Waals surface area (Å²) in [6.07, 6.45) is 7.33. The molecule has 0 aliphatic carbocycles. The van der Waals surface area contributed by atoms with Gasteiger partial charge in [-0.25, -0.2) is 4.79 Å². The van der Waals surface area contributed by atoms with Gasteiger partial charge < -0.3 is 18.9 Å². The zero-order valence-electron chi connectivity index (χ0n) is 21.4. The first-order valence-electron chi connectivity index (χ1n) is 12.1. The van der Waals surface area contributed by atoms with Gasteiger partial charge in [0.15, 0.2) is 0 Å². The molecule has 0 saturated heterocycles. The topological polar surface area (TPSA) is 71.1 Å². The number of hydrogen-bond donors (Lipinski definition) is 0. The van der Waals surface area contributed by atoms with Crippen molar-refractivity contribution in [2.75, 3.05) is 13.6 Å². The molecule has 0 amide bonds. The minimum absolute atomic E-state index is 0.127. The zero-order valence-corrected chi connectivity index (χ0v) is 21.4. The maximum atomic E-state index is 12.0. The zero-order chi connectivity index (χ0) is 26.5. The average Bonchev–Trinajstić information content (AvgIpc) is 2.92. The molecule has 0 aliphatic rings. The van der Waals surface area contributed by atoms with Crippen molar-refractivity contribution in [3.8, 4) is 22.6 Å². The third-order valence-electron chi connectivity index (χ3n) is 5.75. The lowest BCUT2D eigenvalue weighted by Gasteiger charge is -2.20. The second kappa shape index (κ2) is 13.7. The Morgan fingerprint density at radius 1 is 0.730 bits per heavy atom. The van der Waals surface area contributed by atoms with E-state index in [0.29, 0.717) is 17.9 Å². The minimum Gasteiger partial charge on any atom is -0.457 e. The highest BCUT2D eigenvalue weighted by molar-refractivity contribution is 5.82. The van der Waals surface area contributed by atoms with Crippen molar-refractivity contribution in [1.82, 2.24) is 0 Å². The summed E-state index contributed by atoms with van der Waals surface area (Å²) in [6, 6.07) is 24.7. The largest absolute Gasteiger partial charge is 0.457 e. The Kier molecular flexibility index (Phi) is 10.1. The fraction of sp³-hybridized carbons (Fsp3) is 0.226. The van der Waals surface area contributed by atoms with Crippen LogP contribution in [0.25, 0.3) is 17.2 Å². The van der Waals surface area contributed by atoms with Gasteiger partial charge in [-0.3, -0.25) is 4.79 Å². The highest BCUT2D eigenvalue weighted by atomic mass is 16.7. The van der Waals surface area contributed by atoms with Crippen LogP contribution < -0.4 is 9.47 Å². The molecule has 0 unspecified atom stereocenters. The molecule has 0 atom stereocenters. The summed E-state index contributed by atoms with van der Waals surface area (Å²) < 4.78 is 21.3. The fourth-order valence-corrected chi connectivity index (χ4v) is 3.05. The number of carbonyl (C=O) groups excluding carboxylic acids is 2. The van der Waals surface area contributed by atoms with Crippen molar-refractivity contribution < 1.29 is 28.5 Å². The molecule has 3 aromatic carbocycles. The third kappa shape index (κ3) is 9.00. The van der Waals surface area contributed by atoms with Crippen molar-refractivity contribution >= 4 is 18.0 Å². The molecule has 6 nitrogen and oxygen atoms in total. The van der Waals surface area contributed by atoms with Crippen LogP contribution in [0.2, 0.25) is 0 Å². The van der Waals surface area contributed by atoms with Crippen LogP contribution in [0.1, 0.15) is 32.8 Å². The standard InChI is InChI=1S/C31H32O6/c1-4-31(2,3)30(33)37-23-35-28-20-16-26(17-21-28)25-14-18-27(19-15-25)34-22-36-29(32)13-9-8-12-24-10-6-5-7-11-24/h5-21H,4,22-23H2,1-3H3/b12-8+,13-9+. The van der Waals surface area contributed by atoms with Crippen LogP contribution in [0.15, 0.2) is 97.1 Å². The molecule has 6 heteroatoms. The van der Waals surface area contributed by atoms with Crippen molar-refractivity contribution in [3.63, 3.8) is 0 Å². The number of ether oxygens (including phenoxy) is 4. The molecular formula is C31H32O6. The molecule has 0 heterocycles. The van der Waals surface area contributed by atoms with E-state index in [-0.39, 0.29) is 19.6 Å². The summed E-state index contributed by atoms with van der Waals surface area (Å²) >= 11 is 0. The normalized spacial score (nSPS) is 11.4. The second-order valence-corrected chi connectivity index (χ2v) is 8.83. The summed E-state index contributed by atoms with van der Waals surface area (Å²) in [5.74, 6) is 0.426. The Balaban J connectivity index is 1.40. The predicted molar refractivity (Wildman–Crippen MR) is 144 cm³/mol. The Morgan fingerprint density at radius 2 is 1.27 bits per heavy atom. The van der Waals surface area contributed by atoms with Gasteiger partial charge in [-0.2, -0.15) is 0 Å². The lowest BCUT2D eigenvalue weighted by atomic mass is 9.91. The minimum atomic E-state index is -0.526. The van der Waals surface area contributed by atoms with Gasteiger partial charge in [-0.15, -0.1) is 0 Å². The first kappa shape index (κ1) is 27.3. The Hall–Kier alpha value is -4.32. The molecule has 37 heavy (non-hydrogen) atoms. The van der Waals surface area contributed by atoms with Gasteiger partial charge in [0.25, 0.3) is 0 Å². The Morgan fingerprint density at radius 3 is 1.81 bits per heavy atom. The summed E-state index contributed by atoms with van der Waals surface area (Å²) in [6.45, 7) is 5.32. The molecule has 192 valence electrons. The van der Waals surface area contributed by atoms with Crippen LogP contribution in [0, 0.1) is 5.41 Å². The van der Waals surface area contributed by atoms with E-state index in [2.05, 4.69) is 0 Å². The monoisotopic (exact) mass is 500 g/mol. The van der Waals surface area contributed by atoms with E-state index in [1.54, 1.807) is 24.3 Å². The summed E-state index contributed by atoms with van der Waals surface area (Å²) in [4.78, 5) is 23.8. The molecular weight excluding hydrogens is 468 g/mol. The van der Waals surface area contributed by atoms with Crippen molar-refractivity contribution in [3.05, 3.63) is 103 Å². The molecule has 3 aromatic rings. The maximum Gasteiger partial charge on any atom is 0.333 e. The number of allylic oxidation sites excluding steroid dienone is 2. The van der Waals surface area contributed by atoms with E-state index in [4.69, 9.17) is 18.9 Å². The Bertz CT molecular complexity index is 1190. The van der Waals surface area contributed by atoms with Crippen molar-refractivity contribution in [2.45, 2.75) is 27.2 Å². The van der Waals surface area contributed by atoms with Crippen molar-refractivity contribution in [2.24, 2.45) is 5.41 Å². The predicted octanol–water partition coefficient (Wildman–Crippen LogP) is 6.82. The van der Waals surface area contributed by atoms with Crippen LogP contribution in [0.5, 0.6) is 11.5 Å². The van der Waals surface area contributed by atoms with Crippen LogP contribution >= 0.6 is 0 Å². The molecule has 3 rings (SSSR count). The van der Waals surface area contributed by atoms with Gasteiger partial charge >= 0.3 is 11.9 Å². The highest BCUT2D eigenvalue weighted by Gasteiger charge is 2.27. The molecule has 0 aliphatic heterocycles. The molecule has 0 spiro atoms. The van der Waals surface area contributed by atoms with E-state index >= 15 is 0 Å². The van der Waals surface area contributed by atoms with Gasteiger partial charge in [-0.1, -0.05) is 79.7 Å². The lowest BCUT2D eigenvalue weighted by Crippen LogP contribution is -2.27. The summed E-state index contributed by atoms with van der Waals surface area (Å²) in [7, 11) is 0. The highest BCUT2D eigenvalue weighted by Crippen LogP contribution is 2.25. The Labute approximate surface area is 218 Å². The number of rotatable bonds is 12. The fourth-order valence-electron chi connectivity index (χ4n) is 3.05. The average molecular weight is 501 g/mol. The number of esters is 2. The summed E-state index contributed by atoms with van der Waals surface area (Å²) in [5.41, 5.74) is 2.50. The quantitative estimate of drug-likeness (QED) is 0.118. The molecule has 0 bridgehead atoms. The van der Waals surface area contributed by atoms with E-state index in [1.165, 1.54) is 6.08 Å². The number of carbonyl (C=O) groups is 2. The molecule has 0 saturated carbocycles. The van der Waals surface area contributed by atoms with Gasteiger partial charge in [0.1, 0.15) is 11.5 Å². The SMILES string of the molecule is CCC(C)(C)C(=O)OCOc1ccc(-c2ccc(OCOC(=O)/C=C/C=C/c3ccccc3)cc2)cc1. The van der Waals surface area contributed by atoms with E-state index in [1.807, 2.05) is 93.6 Å². The van der Waals surface area contributed by atoms with E-state index in [9.17, 15) is 9.59 Å².